The van der Waals surface area contributed by atoms with E-state index in [1.165, 1.54) is 11.3 Å². The molecule has 1 saturated carbocycles. The Balaban J connectivity index is 1.16. The molecule has 4 aliphatic rings. The smallest absolute Gasteiger partial charge is 0.229 e. The predicted octanol–water partition coefficient (Wildman–Crippen LogP) is 2.18. The quantitative estimate of drug-likeness (QED) is 0.714. The maximum atomic E-state index is 12.8. The molecular formula is C26H34N4O4. The maximum Gasteiger partial charge on any atom is 0.229 e. The Labute approximate surface area is 200 Å². The van der Waals surface area contributed by atoms with Crippen molar-refractivity contribution in [3.05, 3.63) is 30.0 Å². The van der Waals surface area contributed by atoms with Crippen LogP contribution in [0.3, 0.4) is 0 Å². The van der Waals surface area contributed by atoms with Gasteiger partial charge in [0.25, 0.3) is 0 Å². The fourth-order valence-corrected chi connectivity index (χ4v) is 6.11. The topological polar surface area (TPSA) is 87.2 Å². The fourth-order valence-electron chi connectivity index (χ4n) is 6.11. The van der Waals surface area contributed by atoms with Crippen LogP contribution in [0, 0.1) is 18.3 Å². The summed E-state index contributed by atoms with van der Waals surface area (Å²) < 4.78 is 11.1. The molecule has 0 radical (unpaired) electrons. The summed E-state index contributed by atoms with van der Waals surface area (Å²) in [6.07, 6.45) is 3.32. The molecule has 182 valence electrons. The zero-order valence-electron chi connectivity index (χ0n) is 20.0. The number of aryl methyl sites for hydroxylation is 1. The van der Waals surface area contributed by atoms with E-state index >= 15 is 0 Å². The first-order chi connectivity index (χ1) is 16.4. The van der Waals surface area contributed by atoms with Crippen LogP contribution >= 0.6 is 0 Å². The number of aliphatic hydroxyl groups excluding tert-OH is 1. The lowest BCUT2D eigenvalue weighted by Gasteiger charge is -2.45. The van der Waals surface area contributed by atoms with Gasteiger partial charge < -0.3 is 24.8 Å². The first-order valence-electron chi connectivity index (χ1n) is 12.4. The van der Waals surface area contributed by atoms with Crippen molar-refractivity contribution in [3.8, 4) is 0 Å². The molecule has 2 aromatic rings. The highest BCUT2D eigenvalue weighted by Crippen LogP contribution is 2.58. The molecule has 8 nitrogen and oxygen atoms in total. The number of anilines is 2. The summed E-state index contributed by atoms with van der Waals surface area (Å²) in [5, 5.41) is 15.6. The van der Waals surface area contributed by atoms with Crippen molar-refractivity contribution in [2.75, 3.05) is 62.8 Å². The van der Waals surface area contributed by atoms with Crippen LogP contribution in [0.5, 0.6) is 0 Å². The molecule has 4 heterocycles. The summed E-state index contributed by atoms with van der Waals surface area (Å²) >= 11 is 0. The minimum Gasteiger partial charge on any atom is -0.389 e. The first-order valence-corrected chi connectivity index (χ1v) is 12.4. The van der Waals surface area contributed by atoms with Gasteiger partial charge in [0.15, 0.2) is 0 Å². The summed E-state index contributed by atoms with van der Waals surface area (Å²) in [4.78, 5) is 22.1. The van der Waals surface area contributed by atoms with Gasteiger partial charge in [0, 0.05) is 61.4 Å². The van der Waals surface area contributed by atoms with Crippen LogP contribution in [-0.4, -0.2) is 85.1 Å². The second-order valence-electron chi connectivity index (χ2n) is 10.8. The highest BCUT2D eigenvalue weighted by Gasteiger charge is 2.59. The van der Waals surface area contributed by atoms with E-state index < -0.39 is 6.10 Å². The number of nitrogens with zero attached hydrogens (tertiary/aromatic N) is 3. The molecule has 3 aliphatic heterocycles. The normalized spacial score (nSPS) is 33.7. The number of aliphatic hydroxyl groups is 1. The van der Waals surface area contributed by atoms with Crippen molar-refractivity contribution in [2.24, 2.45) is 11.3 Å². The monoisotopic (exact) mass is 466 g/mol. The Morgan fingerprint density at radius 1 is 1.15 bits per heavy atom. The van der Waals surface area contributed by atoms with Crippen LogP contribution in [0.1, 0.15) is 25.3 Å². The molecule has 4 fully saturated rings. The van der Waals surface area contributed by atoms with E-state index in [0.29, 0.717) is 25.6 Å². The Kier molecular flexibility index (Phi) is 5.33. The highest BCUT2D eigenvalue weighted by molar-refractivity contribution is 5.97. The van der Waals surface area contributed by atoms with Crippen LogP contribution in [0.15, 0.2) is 24.4 Å². The first kappa shape index (κ1) is 22.2. The zero-order valence-corrected chi connectivity index (χ0v) is 20.0. The lowest BCUT2D eigenvalue weighted by atomic mass is 9.95. The fraction of sp³-hybridized carbons (Fsp3) is 0.615. The molecule has 3 saturated heterocycles. The number of rotatable bonds is 4. The van der Waals surface area contributed by atoms with Gasteiger partial charge in [-0.05, 0) is 55.8 Å². The SMILES string of the molecule is Cc1cc2cnc(NC(=O)[C@H]3C[C@]34CCOC4)cc2cc1N1CCN([C@@]2(C)COC[C@H]2O)CC1. The number of carbonyl (C=O) groups is 1. The molecule has 0 bridgehead atoms. The Morgan fingerprint density at radius 3 is 2.68 bits per heavy atom. The summed E-state index contributed by atoms with van der Waals surface area (Å²) in [5.41, 5.74) is 2.21. The molecule has 1 amide bonds. The van der Waals surface area contributed by atoms with Crippen molar-refractivity contribution >= 4 is 28.2 Å². The van der Waals surface area contributed by atoms with Crippen LogP contribution < -0.4 is 10.2 Å². The van der Waals surface area contributed by atoms with Crippen LogP contribution in [0.4, 0.5) is 11.5 Å². The molecule has 34 heavy (non-hydrogen) atoms. The molecule has 1 spiro atoms. The number of nitrogens with one attached hydrogen (secondary N) is 1. The summed E-state index contributed by atoms with van der Waals surface area (Å²) in [6.45, 7) is 10.3. The number of piperazine rings is 1. The molecule has 2 N–H and O–H groups in total. The van der Waals surface area contributed by atoms with Gasteiger partial charge in [-0.25, -0.2) is 4.98 Å². The van der Waals surface area contributed by atoms with Gasteiger partial charge in [-0.15, -0.1) is 0 Å². The van der Waals surface area contributed by atoms with E-state index in [0.717, 1.165) is 56.4 Å². The number of carbonyl (C=O) groups excluding carboxylic acids is 1. The van der Waals surface area contributed by atoms with Crippen molar-refractivity contribution in [1.82, 2.24) is 9.88 Å². The van der Waals surface area contributed by atoms with E-state index in [4.69, 9.17) is 9.47 Å². The molecule has 6 rings (SSSR count). The third-order valence-electron chi connectivity index (χ3n) is 8.66. The van der Waals surface area contributed by atoms with Crippen molar-refractivity contribution in [1.29, 1.82) is 0 Å². The van der Waals surface area contributed by atoms with E-state index in [2.05, 4.69) is 46.1 Å². The van der Waals surface area contributed by atoms with Gasteiger partial charge in [0.2, 0.25) is 5.91 Å². The lowest BCUT2D eigenvalue weighted by molar-refractivity contribution is -0.118. The van der Waals surface area contributed by atoms with Gasteiger partial charge in [0.1, 0.15) is 5.82 Å². The molecule has 0 unspecified atom stereocenters. The number of pyridine rings is 1. The number of fused-ring (bicyclic) bond motifs is 1. The largest absolute Gasteiger partial charge is 0.389 e. The molecule has 1 aromatic carbocycles. The average Bonchev–Trinajstić information content (AvgIpc) is 3.14. The number of ether oxygens (including phenoxy) is 2. The lowest BCUT2D eigenvalue weighted by Crippen LogP contribution is -2.60. The van der Waals surface area contributed by atoms with Crippen LogP contribution in [0.2, 0.25) is 0 Å². The number of benzene rings is 1. The molecule has 1 aliphatic carbocycles. The van der Waals surface area contributed by atoms with Crippen molar-refractivity contribution in [2.45, 2.75) is 38.3 Å². The van der Waals surface area contributed by atoms with E-state index in [1.807, 2.05) is 12.3 Å². The second-order valence-corrected chi connectivity index (χ2v) is 10.8. The molecule has 4 atom stereocenters. The number of hydrogen-bond acceptors (Lipinski definition) is 7. The van der Waals surface area contributed by atoms with Crippen LogP contribution in [-0.2, 0) is 14.3 Å². The van der Waals surface area contributed by atoms with Gasteiger partial charge in [-0.2, -0.15) is 0 Å². The Bertz CT molecular complexity index is 1110. The van der Waals surface area contributed by atoms with Gasteiger partial charge >= 0.3 is 0 Å². The number of amides is 1. The third-order valence-corrected chi connectivity index (χ3v) is 8.66. The van der Waals surface area contributed by atoms with Crippen LogP contribution in [0.25, 0.3) is 10.8 Å². The van der Waals surface area contributed by atoms with Gasteiger partial charge in [0.05, 0.1) is 31.5 Å². The summed E-state index contributed by atoms with van der Waals surface area (Å²) in [5.74, 6) is 0.719. The van der Waals surface area contributed by atoms with Crippen molar-refractivity contribution < 1.29 is 19.4 Å². The number of aromatic nitrogens is 1. The summed E-state index contributed by atoms with van der Waals surface area (Å²) in [7, 11) is 0. The molecule has 1 aromatic heterocycles. The third kappa shape index (κ3) is 3.68. The zero-order chi connectivity index (χ0) is 23.5. The predicted molar refractivity (Wildman–Crippen MR) is 130 cm³/mol. The highest BCUT2D eigenvalue weighted by atomic mass is 16.5. The van der Waals surface area contributed by atoms with E-state index in [-0.39, 0.29) is 22.8 Å². The average molecular weight is 467 g/mol. The minimum atomic E-state index is -0.436. The molecule has 8 heteroatoms. The van der Waals surface area contributed by atoms with Gasteiger partial charge in [-0.1, -0.05) is 0 Å². The maximum absolute atomic E-state index is 12.8. The van der Waals surface area contributed by atoms with Crippen molar-refractivity contribution in [3.63, 3.8) is 0 Å². The minimum absolute atomic E-state index is 0.0445. The van der Waals surface area contributed by atoms with E-state index in [9.17, 15) is 9.90 Å². The summed E-state index contributed by atoms with van der Waals surface area (Å²) in [6, 6.07) is 6.38. The van der Waals surface area contributed by atoms with Gasteiger partial charge in [-0.3, -0.25) is 9.69 Å². The molecular weight excluding hydrogens is 432 g/mol. The second kappa shape index (κ2) is 8.16. The standard InChI is InChI=1S/C26H34N4O4/c1-17-9-19-13-27-23(28-24(32)20-12-26(20)3-8-33-16-26)11-18(19)10-21(17)29-4-6-30(7-5-29)25(2)15-34-14-22(25)31/h9-11,13,20,22,31H,3-8,12,14-16H2,1-2H3,(H,27,28,32)/t20-,22-,25+,26+/m1/s1. The number of hydrogen-bond donors (Lipinski definition) is 2. The Hall–Kier alpha value is -2.26. The Morgan fingerprint density at radius 2 is 1.97 bits per heavy atom. The van der Waals surface area contributed by atoms with E-state index in [1.54, 1.807) is 0 Å².